The largest absolute Gasteiger partial charge is 0.494 e. The molecule has 66 valence electrons. The van der Waals surface area contributed by atoms with Gasteiger partial charge in [0.1, 0.15) is 5.75 Å². The van der Waals surface area contributed by atoms with E-state index in [-0.39, 0.29) is 0 Å². The molecule has 0 spiro atoms. The van der Waals surface area contributed by atoms with Crippen molar-refractivity contribution < 1.29 is 4.74 Å². The highest BCUT2D eigenvalue weighted by Gasteiger charge is 1.99. The zero-order valence-electron chi connectivity index (χ0n) is 7.42. The van der Waals surface area contributed by atoms with Crippen LogP contribution in [0.4, 0.5) is 0 Å². The van der Waals surface area contributed by atoms with Gasteiger partial charge in [-0.3, -0.25) is 0 Å². The molecule has 12 heavy (non-hydrogen) atoms. The molecule has 2 nitrogen and oxygen atoms in total. The molecule has 0 radical (unpaired) electrons. The second-order valence-corrected chi connectivity index (χ2v) is 2.58. The fourth-order valence-corrected chi connectivity index (χ4v) is 1.16. The lowest BCUT2D eigenvalue weighted by molar-refractivity contribution is 0.336. The standard InChI is InChI=1S/C10H15NO/c1-2-12-10-6-4-3-5-9(10)7-8-11/h3-6H,2,7-8,11H2,1H3. The van der Waals surface area contributed by atoms with Crippen molar-refractivity contribution in [1.29, 1.82) is 0 Å². The van der Waals surface area contributed by atoms with E-state index in [1.165, 1.54) is 5.56 Å². The van der Waals surface area contributed by atoms with E-state index in [1.54, 1.807) is 0 Å². The molecule has 1 aromatic rings. The molecule has 0 saturated heterocycles. The van der Waals surface area contributed by atoms with Crippen LogP contribution in [0, 0.1) is 0 Å². The Balaban J connectivity index is 2.77. The summed E-state index contributed by atoms with van der Waals surface area (Å²) in [7, 11) is 0. The Bertz CT molecular complexity index is 210. The average molecular weight is 165 g/mol. The molecule has 0 bridgehead atoms. The van der Waals surface area contributed by atoms with Crippen LogP contribution in [0.2, 0.25) is 0 Å². The van der Waals surface area contributed by atoms with Crippen LogP contribution >= 0.6 is 0 Å². The molecule has 2 N–H and O–H groups in total. The van der Waals surface area contributed by atoms with E-state index >= 15 is 0 Å². The monoisotopic (exact) mass is 165 g/mol. The Morgan fingerprint density at radius 3 is 2.75 bits per heavy atom. The van der Waals surface area contributed by atoms with Gasteiger partial charge in [-0.25, -0.2) is 0 Å². The van der Waals surface area contributed by atoms with Crippen molar-refractivity contribution in [3.8, 4) is 5.75 Å². The number of hydrogen-bond acceptors (Lipinski definition) is 2. The van der Waals surface area contributed by atoms with Crippen molar-refractivity contribution in [2.24, 2.45) is 5.73 Å². The zero-order valence-corrected chi connectivity index (χ0v) is 7.42. The highest BCUT2D eigenvalue weighted by Crippen LogP contribution is 2.17. The Kier molecular flexibility index (Phi) is 3.61. The third-order valence-corrected chi connectivity index (χ3v) is 1.69. The predicted molar refractivity (Wildman–Crippen MR) is 50.4 cm³/mol. The van der Waals surface area contributed by atoms with Crippen LogP contribution in [0.15, 0.2) is 24.3 Å². The van der Waals surface area contributed by atoms with Crippen LogP contribution < -0.4 is 10.5 Å². The molecule has 0 aliphatic rings. The molecule has 0 aliphatic heterocycles. The van der Waals surface area contributed by atoms with Gasteiger partial charge in [-0.15, -0.1) is 0 Å². The van der Waals surface area contributed by atoms with E-state index in [0.717, 1.165) is 12.2 Å². The first kappa shape index (κ1) is 9.07. The SMILES string of the molecule is CCOc1ccccc1CCN. The van der Waals surface area contributed by atoms with Gasteiger partial charge in [-0.2, -0.15) is 0 Å². The Morgan fingerprint density at radius 2 is 2.08 bits per heavy atom. The number of ether oxygens (including phenoxy) is 1. The molecule has 0 aromatic heterocycles. The van der Waals surface area contributed by atoms with Crippen molar-refractivity contribution in [3.05, 3.63) is 29.8 Å². The Morgan fingerprint density at radius 1 is 1.33 bits per heavy atom. The molecule has 1 rings (SSSR count). The average Bonchev–Trinajstić information content (AvgIpc) is 2.09. The van der Waals surface area contributed by atoms with Gasteiger partial charge in [0, 0.05) is 0 Å². The maximum atomic E-state index is 5.47. The van der Waals surface area contributed by atoms with E-state index in [9.17, 15) is 0 Å². The van der Waals surface area contributed by atoms with E-state index < -0.39 is 0 Å². The number of benzene rings is 1. The van der Waals surface area contributed by atoms with E-state index in [4.69, 9.17) is 10.5 Å². The molecule has 1 aromatic carbocycles. The minimum Gasteiger partial charge on any atom is -0.494 e. The van der Waals surface area contributed by atoms with Crippen LogP contribution in [0.5, 0.6) is 5.75 Å². The molecule has 0 aliphatic carbocycles. The highest BCUT2D eigenvalue weighted by atomic mass is 16.5. The first-order valence-corrected chi connectivity index (χ1v) is 4.29. The maximum absolute atomic E-state index is 5.47. The molecule has 0 saturated carbocycles. The molecule has 0 unspecified atom stereocenters. The number of hydrogen-bond donors (Lipinski definition) is 1. The fraction of sp³-hybridized carbons (Fsp3) is 0.400. The smallest absolute Gasteiger partial charge is 0.122 e. The fourth-order valence-electron chi connectivity index (χ4n) is 1.16. The number of nitrogens with two attached hydrogens (primary N) is 1. The van der Waals surface area contributed by atoms with E-state index in [0.29, 0.717) is 13.2 Å². The van der Waals surface area contributed by atoms with Crippen LogP contribution in [-0.2, 0) is 6.42 Å². The minimum atomic E-state index is 0.671. The van der Waals surface area contributed by atoms with Crippen molar-refractivity contribution in [2.75, 3.05) is 13.2 Å². The van der Waals surface area contributed by atoms with Gasteiger partial charge in [0.2, 0.25) is 0 Å². The summed E-state index contributed by atoms with van der Waals surface area (Å²) in [6, 6.07) is 8.02. The molecule has 0 fully saturated rings. The van der Waals surface area contributed by atoms with Gasteiger partial charge in [0.15, 0.2) is 0 Å². The molecule has 0 heterocycles. The Labute approximate surface area is 73.3 Å². The van der Waals surface area contributed by atoms with Crippen LogP contribution in [0.25, 0.3) is 0 Å². The second kappa shape index (κ2) is 4.78. The topological polar surface area (TPSA) is 35.2 Å². The zero-order chi connectivity index (χ0) is 8.81. The molecular formula is C10H15NO. The lowest BCUT2D eigenvalue weighted by Crippen LogP contribution is -2.04. The number of rotatable bonds is 4. The van der Waals surface area contributed by atoms with Gasteiger partial charge in [-0.1, -0.05) is 18.2 Å². The lowest BCUT2D eigenvalue weighted by atomic mass is 10.1. The van der Waals surface area contributed by atoms with Gasteiger partial charge in [0.25, 0.3) is 0 Å². The molecular weight excluding hydrogens is 150 g/mol. The molecule has 0 amide bonds. The van der Waals surface area contributed by atoms with E-state index in [1.807, 2.05) is 25.1 Å². The van der Waals surface area contributed by atoms with Crippen LogP contribution in [0.3, 0.4) is 0 Å². The minimum absolute atomic E-state index is 0.671. The molecule has 2 heteroatoms. The van der Waals surface area contributed by atoms with Gasteiger partial charge < -0.3 is 10.5 Å². The first-order chi connectivity index (χ1) is 5.88. The summed E-state index contributed by atoms with van der Waals surface area (Å²) < 4.78 is 5.43. The maximum Gasteiger partial charge on any atom is 0.122 e. The summed E-state index contributed by atoms with van der Waals surface area (Å²) in [6.45, 7) is 3.37. The van der Waals surface area contributed by atoms with Gasteiger partial charge in [-0.05, 0) is 31.5 Å². The third kappa shape index (κ3) is 2.24. The third-order valence-electron chi connectivity index (χ3n) is 1.69. The molecule has 0 atom stereocenters. The van der Waals surface area contributed by atoms with Crippen molar-refractivity contribution in [3.63, 3.8) is 0 Å². The summed E-state index contributed by atoms with van der Waals surface area (Å²) in [5, 5.41) is 0. The van der Waals surface area contributed by atoms with Gasteiger partial charge in [0.05, 0.1) is 6.61 Å². The van der Waals surface area contributed by atoms with Crippen LogP contribution in [0.1, 0.15) is 12.5 Å². The predicted octanol–water partition coefficient (Wildman–Crippen LogP) is 1.59. The summed E-state index contributed by atoms with van der Waals surface area (Å²) in [5.41, 5.74) is 6.67. The first-order valence-electron chi connectivity index (χ1n) is 4.29. The van der Waals surface area contributed by atoms with Crippen molar-refractivity contribution in [2.45, 2.75) is 13.3 Å². The summed E-state index contributed by atoms with van der Waals surface area (Å²) in [6.07, 6.45) is 0.885. The van der Waals surface area contributed by atoms with Crippen LogP contribution in [-0.4, -0.2) is 13.2 Å². The van der Waals surface area contributed by atoms with Crippen molar-refractivity contribution >= 4 is 0 Å². The highest BCUT2D eigenvalue weighted by molar-refractivity contribution is 5.33. The summed E-state index contributed by atoms with van der Waals surface area (Å²) in [4.78, 5) is 0. The Hall–Kier alpha value is -1.02. The lowest BCUT2D eigenvalue weighted by Gasteiger charge is -2.08. The second-order valence-electron chi connectivity index (χ2n) is 2.58. The quantitative estimate of drug-likeness (QED) is 0.735. The normalized spacial score (nSPS) is 9.83. The number of para-hydroxylation sites is 1. The van der Waals surface area contributed by atoms with E-state index in [2.05, 4.69) is 6.07 Å². The van der Waals surface area contributed by atoms with Crippen molar-refractivity contribution in [1.82, 2.24) is 0 Å². The summed E-state index contributed by atoms with van der Waals surface area (Å²) >= 11 is 0. The summed E-state index contributed by atoms with van der Waals surface area (Å²) in [5.74, 6) is 0.963. The van der Waals surface area contributed by atoms with Gasteiger partial charge >= 0.3 is 0 Å².